The lowest BCUT2D eigenvalue weighted by molar-refractivity contribution is -0.139. The number of likely N-dealkylation sites (tertiary alicyclic amines) is 1. The van der Waals surface area contributed by atoms with Gasteiger partial charge in [-0.05, 0) is 49.9 Å². The van der Waals surface area contributed by atoms with E-state index in [1.165, 1.54) is 0 Å². The molecular weight excluding hydrogens is 366 g/mol. The van der Waals surface area contributed by atoms with Crippen LogP contribution in [0.1, 0.15) is 38.7 Å². The van der Waals surface area contributed by atoms with Gasteiger partial charge in [0.25, 0.3) is 0 Å². The topological polar surface area (TPSA) is 72.9 Å². The fourth-order valence-corrected chi connectivity index (χ4v) is 3.70. The van der Waals surface area contributed by atoms with E-state index < -0.39 is 5.97 Å². The number of benzene rings is 1. The molecule has 0 aromatic heterocycles. The van der Waals surface area contributed by atoms with Crippen molar-refractivity contribution in [1.82, 2.24) is 15.1 Å². The van der Waals surface area contributed by atoms with Gasteiger partial charge in [-0.1, -0.05) is 37.6 Å². The Labute approximate surface area is 166 Å². The largest absolute Gasteiger partial charge is 0.480 e. The third kappa shape index (κ3) is 6.70. The molecule has 2 amide bonds. The fraction of sp³-hybridized carbons (Fsp3) is 0.600. The monoisotopic (exact) mass is 395 g/mol. The molecule has 1 fully saturated rings. The minimum absolute atomic E-state index is 0.0319. The number of amides is 2. The van der Waals surface area contributed by atoms with E-state index in [-0.39, 0.29) is 24.7 Å². The summed E-state index contributed by atoms with van der Waals surface area (Å²) < 4.78 is 0. The van der Waals surface area contributed by atoms with E-state index >= 15 is 0 Å². The second-order valence-electron chi connectivity index (χ2n) is 7.06. The van der Waals surface area contributed by atoms with Gasteiger partial charge in [-0.2, -0.15) is 0 Å². The van der Waals surface area contributed by atoms with E-state index in [9.17, 15) is 9.59 Å². The summed E-state index contributed by atoms with van der Waals surface area (Å²) in [6.07, 6.45) is 3.25. The van der Waals surface area contributed by atoms with Crippen LogP contribution in [-0.2, 0) is 11.2 Å². The highest BCUT2D eigenvalue weighted by Crippen LogP contribution is 2.17. The molecule has 1 aliphatic heterocycles. The summed E-state index contributed by atoms with van der Waals surface area (Å²) in [5, 5.41) is 12.9. The van der Waals surface area contributed by atoms with Crippen LogP contribution in [0.4, 0.5) is 4.79 Å². The predicted octanol–water partition coefficient (Wildman–Crippen LogP) is 3.24. The number of aliphatic carboxylic acids is 1. The molecule has 0 bridgehead atoms. The van der Waals surface area contributed by atoms with Crippen molar-refractivity contribution in [2.45, 2.75) is 51.6 Å². The van der Waals surface area contributed by atoms with Crippen LogP contribution < -0.4 is 5.32 Å². The maximum atomic E-state index is 12.6. The van der Waals surface area contributed by atoms with Gasteiger partial charge in [0.1, 0.15) is 0 Å². The Morgan fingerprint density at radius 3 is 2.41 bits per heavy atom. The quantitative estimate of drug-likeness (QED) is 0.708. The SMILES string of the molecule is CCC(Cc1ccc(Cl)cc1)NC(=O)N1CCC(N(CC)CC(=O)O)CC1. The van der Waals surface area contributed by atoms with Crippen molar-refractivity contribution in [3.63, 3.8) is 0 Å². The fourth-order valence-electron chi connectivity index (χ4n) is 3.58. The van der Waals surface area contributed by atoms with Crippen molar-refractivity contribution in [2.24, 2.45) is 0 Å². The van der Waals surface area contributed by atoms with E-state index in [2.05, 4.69) is 12.2 Å². The highest BCUT2D eigenvalue weighted by Gasteiger charge is 2.27. The number of carboxylic acids is 1. The molecule has 6 nitrogen and oxygen atoms in total. The number of halogens is 1. The molecule has 1 saturated heterocycles. The summed E-state index contributed by atoms with van der Waals surface area (Å²) in [6.45, 7) is 6.13. The minimum atomic E-state index is -0.801. The molecular formula is C20H30ClN3O3. The van der Waals surface area contributed by atoms with Crippen LogP contribution in [0.15, 0.2) is 24.3 Å². The second-order valence-corrected chi connectivity index (χ2v) is 7.50. The summed E-state index contributed by atoms with van der Waals surface area (Å²) >= 11 is 5.93. The Hall–Kier alpha value is -1.79. The Balaban J connectivity index is 1.83. The first-order chi connectivity index (χ1) is 12.9. The van der Waals surface area contributed by atoms with Gasteiger partial charge in [-0.25, -0.2) is 4.79 Å². The van der Waals surface area contributed by atoms with Gasteiger partial charge in [0.05, 0.1) is 6.54 Å². The highest BCUT2D eigenvalue weighted by molar-refractivity contribution is 6.30. The first-order valence-electron chi connectivity index (χ1n) is 9.68. The van der Waals surface area contributed by atoms with Gasteiger partial charge in [-0.15, -0.1) is 0 Å². The Morgan fingerprint density at radius 2 is 1.89 bits per heavy atom. The van der Waals surface area contributed by atoms with Crippen molar-refractivity contribution in [3.8, 4) is 0 Å². The number of carbonyl (C=O) groups excluding carboxylic acids is 1. The number of likely N-dealkylation sites (N-methyl/N-ethyl adjacent to an activating group) is 1. The lowest BCUT2D eigenvalue weighted by Crippen LogP contribution is -2.52. The smallest absolute Gasteiger partial charge is 0.317 e. The minimum Gasteiger partial charge on any atom is -0.480 e. The van der Waals surface area contributed by atoms with Crippen molar-refractivity contribution in [1.29, 1.82) is 0 Å². The first-order valence-corrected chi connectivity index (χ1v) is 10.1. The average molecular weight is 396 g/mol. The van der Waals surface area contributed by atoms with Gasteiger partial charge in [-0.3, -0.25) is 9.69 Å². The van der Waals surface area contributed by atoms with E-state index in [0.29, 0.717) is 24.7 Å². The molecule has 27 heavy (non-hydrogen) atoms. The van der Waals surface area contributed by atoms with Gasteiger partial charge in [0.2, 0.25) is 0 Å². The van der Waals surface area contributed by atoms with Crippen LogP contribution in [0.5, 0.6) is 0 Å². The third-order valence-corrected chi connectivity index (χ3v) is 5.48. The molecule has 1 aliphatic rings. The number of hydrogen-bond acceptors (Lipinski definition) is 3. The summed E-state index contributed by atoms with van der Waals surface area (Å²) in [7, 11) is 0. The van der Waals surface area contributed by atoms with Crippen molar-refractivity contribution >= 4 is 23.6 Å². The molecule has 1 aromatic rings. The molecule has 150 valence electrons. The number of hydrogen-bond donors (Lipinski definition) is 2. The van der Waals surface area contributed by atoms with Gasteiger partial charge >= 0.3 is 12.0 Å². The maximum Gasteiger partial charge on any atom is 0.317 e. The third-order valence-electron chi connectivity index (χ3n) is 5.23. The van der Waals surface area contributed by atoms with E-state index in [1.54, 1.807) is 0 Å². The highest BCUT2D eigenvalue weighted by atomic mass is 35.5. The molecule has 0 saturated carbocycles. The van der Waals surface area contributed by atoms with Crippen LogP contribution in [-0.4, -0.2) is 65.2 Å². The molecule has 2 N–H and O–H groups in total. The molecule has 1 unspecified atom stereocenters. The molecule has 7 heteroatoms. The van der Waals surface area contributed by atoms with E-state index in [4.69, 9.17) is 16.7 Å². The second kappa shape index (κ2) is 10.5. The number of urea groups is 1. The van der Waals surface area contributed by atoms with Crippen molar-refractivity contribution in [2.75, 3.05) is 26.2 Å². The number of piperidine rings is 1. The summed E-state index contributed by atoms with van der Waals surface area (Å²) in [5.41, 5.74) is 1.15. The van der Waals surface area contributed by atoms with Crippen LogP contribution in [0.25, 0.3) is 0 Å². The number of carboxylic acid groups (broad SMARTS) is 1. The average Bonchev–Trinajstić information content (AvgIpc) is 2.67. The summed E-state index contributed by atoms with van der Waals surface area (Å²) in [6, 6.07) is 7.99. The Bertz CT molecular complexity index is 615. The van der Waals surface area contributed by atoms with Crippen LogP contribution >= 0.6 is 11.6 Å². The first kappa shape index (κ1) is 21.5. The molecule has 2 rings (SSSR count). The van der Waals surface area contributed by atoms with E-state index in [0.717, 1.165) is 31.2 Å². The lowest BCUT2D eigenvalue weighted by atomic mass is 10.0. The standard InChI is InChI=1S/C20H30ClN3O3/c1-3-17(13-15-5-7-16(21)8-6-15)22-20(27)24-11-9-18(10-12-24)23(4-2)14-19(25)26/h5-8,17-18H,3-4,9-14H2,1-2H3,(H,22,27)(H,25,26). The normalized spacial score (nSPS) is 16.4. The number of nitrogens with zero attached hydrogens (tertiary/aromatic N) is 2. The molecule has 1 atom stereocenters. The van der Waals surface area contributed by atoms with E-state index in [1.807, 2.05) is 41.0 Å². The molecule has 0 spiro atoms. The number of carbonyl (C=O) groups is 2. The lowest BCUT2D eigenvalue weighted by Gasteiger charge is -2.38. The molecule has 1 aromatic carbocycles. The zero-order valence-electron chi connectivity index (χ0n) is 16.2. The maximum absolute atomic E-state index is 12.6. The zero-order valence-corrected chi connectivity index (χ0v) is 16.9. The van der Waals surface area contributed by atoms with Crippen molar-refractivity contribution < 1.29 is 14.7 Å². The van der Waals surface area contributed by atoms with Gasteiger partial charge in [0, 0.05) is 30.2 Å². The zero-order chi connectivity index (χ0) is 19.8. The molecule has 1 heterocycles. The summed E-state index contributed by atoms with van der Waals surface area (Å²) in [5.74, 6) is -0.801. The predicted molar refractivity (Wildman–Crippen MR) is 107 cm³/mol. The summed E-state index contributed by atoms with van der Waals surface area (Å²) in [4.78, 5) is 27.4. The van der Waals surface area contributed by atoms with Crippen LogP contribution in [0.3, 0.4) is 0 Å². The number of nitrogens with one attached hydrogen (secondary N) is 1. The Morgan fingerprint density at radius 1 is 1.26 bits per heavy atom. The molecule has 0 aliphatic carbocycles. The van der Waals surface area contributed by atoms with Crippen LogP contribution in [0.2, 0.25) is 5.02 Å². The van der Waals surface area contributed by atoms with Crippen molar-refractivity contribution in [3.05, 3.63) is 34.9 Å². The Kier molecular flexibility index (Phi) is 8.38. The molecule has 0 radical (unpaired) electrons. The van der Waals surface area contributed by atoms with Gasteiger partial charge in [0.15, 0.2) is 0 Å². The number of rotatable bonds is 8. The van der Waals surface area contributed by atoms with Crippen LogP contribution in [0, 0.1) is 0 Å². The van der Waals surface area contributed by atoms with Gasteiger partial charge < -0.3 is 15.3 Å².